The average molecular weight is 366 g/mol. The Bertz CT molecular complexity index is 739. The second-order valence-electron chi connectivity index (χ2n) is 6.74. The highest BCUT2D eigenvalue weighted by atomic mass is 16.2. The first-order valence-electron chi connectivity index (χ1n) is 9.53. The molecular formula is C21H26N4O2. The zero-order valence-electron chi connectivity index (χ0n) is 15.5. The zero-order chi connectivity index (χ0) is 18.9. The number of rotatable bonds is 8. The van der Waals surface area contributed by atoms with Crippen molar-refractivity contribution in [3.05, 3.63) is 65.5 Å². The summed E-state index contributed by atoms with van der Waals surface area (Å²) in [5, 5.41) is 5.88. The van der Waals surface area contributed by atoms with Crippen LogP contribution in [0.25, 0.3) is 0 Å². The maximum Gasteiger partial charge on any atom is 0.318 e. The summed E-state index contributed by atoms with van der Waals surface area (Å²) in [6.07, 6.45) is 5.53. The van der Waals surface area contributed by atoms with E-state index in [-0.39, 0.29) is 11.9 Å². The Morgan fingerprint density at radius 1 is 0.852 bits per heavy atom. The molecular weight excluding hydrogens is 340 g/mol. The lowest BCUT2D eigenvalue weighted by atomic mass is 10.1. The molecule has 0 bridgehead atoms. The number of hydrogen-bond donors (Lipinski definition) is 2. The van der Waals surface area contributed by atoms with Crippen LogP contribution in [0.1, 0.15) is 47.3 Å². The van der Waals surface area contributed by atoms with Gasteiger partial charge in [0, 0.05) is 32.4 Å². The number of carbonyl (C=O) groups excluding carboxylic acids is 2. The van der Waals surface area contributed by atoms with E-state index in [2.05, 4.69) is 27.8 Å². The Labute approximate surface area is 160 Å². The molecule has 3 amide bonds. The molecule has 0 unspecified atom stereocenters. The Morgan fingerprint density at radius 3 is 2.11 bits per heavy atom. The molecule has 6 nitrogen and oxygen atoms in total. The van der Waals surface area contributed by atoms with Crippen LogP contribution in [0.3, 0.4) is 0 Å². The van der Waals surface area contributed by atoms with Crippen molar-refractivity contribution in [2.24, 2.45) is 0 Å². The van der Waals surface area contributed by atoms with Crippen molar-refractivity contribution in [3.63, 3.8) is 0 Å². The fourth-order valence-corrected chi connectivity index (χ4v) is 3.18. The molecule has 6 heteroatoms. The van der Waals surface area contributed by atoms with Crippen LogP contribution in [0.15, 0.2) is 48.7 Å². The lowest BCUT2D eigenvalue weighted by molar-refractivity contribution is 0.0948. The van der Waals surface area contributed by atoms with E-state index >= 15 is 0 Å². The maximum absolute atomic E-state index is 12.2. The van der Waals surface area contributed by atoms with E-state index in [0.717, 1.165) is 25.7 Å². The van der Waals surface area contributed by atoms with Crippen LogP contribution in [0, 0.1) is 0 Å². The molecule has 1 aromatic carbocycles. The largest absolute Gasteiger partial charge is 0.351 e. The summed E-state index contributed by atoms with van der Waals surface area (Å²) >= 11 is 0. The van der Waals surface area contributed by atoms with Gasteiger partial charge >= 0.3 is 6.03 Å². The number of aromatic nitrogens is 1. The third-order valence-electron chi connectivity index (χ3n) is 4.69. The molecule has 0 spiro atoms. The standard InChI is InChI=1S/C21H26N4O2/c26-20(19-11-5-8-12-22-19)23-13-6-1-2-7-14-24-21(27)25-15-17-9-3-4-10-18(17)16-25/h3-5,8-12H,1-2,6-7,13-16H2,(H,23,26)(H,24,27). The molecule has 142 valence electrons. The molecule has 0 aliphatic carbocycles. The summed E-state index contributed by atoms with van der Waals surface area (Å²) < 4.78 is 0. The quantitative estimate of drug-likeness (QED) is 0.705. The van der Waals surface area contributed by atoms with Crippen molar-refractivity contribution in [2.45, 2.75) is 38.8 Å². The molecule has 0 radical (unpaired) electrons. The number of fused-ring (bicyclic) bond motifs is 1. The maximum atomic E-state index is 12.2. The number of carbonyl (C=O) groups is 2. The number of amides is 3. The first kappa shape index (κ1) is 18.9. The van der Waals surface area contributed by atoms with Gasteiger partial charge in [0.15, 0.2) is 0 Å². The van der Waals surface area contributed by atoms with Gasteiger partial charge in [-0.1, -0.05) is 43.2 Å². The molecule has 1 aliphatic rings. The van der Waals surface area contributed by atoms with Gasteiger partial charge in [-0.25, -0.2) is 4.79 Å². The second kappa shape index (κ2) is 9.71. The van der Waals surface area contributed by atoms with Gasteiger partial charge in [-0.05, 0) is 36.1 Å². The topological polar surface area (TPSA) is 74.3 Å². The van der Waals surface area contributed by atoms with Gasteiger partial charge in [-0.15, -0.1) is 0 Å². The van der Waals surface area contributed by atoms with Crippen molar-refractivity contribution < 1.29 is 9.59 Å². The summed E-state index contributed by atoms with van der Waals surface area (Å²) in [5.74, 6) is -0.130. The second-order valence-corrected chi connectivity index (χ2v) is 6.74. The molecule has 0 fully saturated rings. The van der Waals surface area contributed by atoms with E-state index < -0.39 is 0 Å². The van der Waals surface area contributed by atoms with E-state index in [0.29, 0.717) is 31.9 Å². The fourth-order valence-electron chi connectivity index (χ4n) is 3.18. The van der Waals surface area contributed by atoms with E-state index in [1.54, 1.807) is 24.4 Å². The van der Waals surface area contributed by atoms with Crippen molar-refractivity contribution in [3.8, 4) is 0 Å². The number of urea groups is 1. The lowest BCUT2D eigenvalue weighted by Gasteiger charge is -2.16. The minimum Gasteiger partial charge on any atom is -0.351 e. The van der Waals surface area contributed by atoms with Gasteiger partial charge < -0.3 is 15.5 Å². The molecule has 2 heterocycles. The minimum absolute atomic E-state index is 0.00817. The Balaban J connectivity index is 1.21. The molecule has 27 heavy (non-hydrogen) atoms. The summed E-state index contributed by atoms with van der Waals surface area (Å²) in [4.78, 5) is 29.9. The van der Waals surface area contributed by atoms with Crippen LogP contribution in [-0.2, 0) is 13.1 Å². The highest BCUT2D eigenvalue weighted by Crippen LogP contribution is 2.21. The molecule has 0 saturated carbocycles. The van der Waals surface area contributed by atoms with Crippen LogP contribution in [0.5, 0.6) is 0 Å². The molecule has 2 aromatic rings. The van der Waals surface area contributed by atoms with Gasteiger partial charge in [0.2, 0.25) is 0 Å². The van der Waals surface area contributed by atoms with Crippen LogP contribution < -0.4 is 10.6 Å². The minimum atomic E-state index is -0.130. The molecule has 2 N–H and O–H groups in total. The van der Waals surface area contributed by atoms with E-state index in [1.165, 1.54) is 11.1 Å². The molecule has 1 aliphatic heterocycles. The number of benzene rings is 1. The molecule has 0 saturated heterocycles. The van der Waals surface area contributed by atoms with Crippen LogP contribution >= 0.6 is 0 Å². The smallest absolute Gasteiger partial charge is 0.318 e. The van der Waals surface area contributed by atoms with Crippen molar-refractivity contribution in [2.75, 3.05) is 13.1 Å². The number of nitrogens with zero attached hydrogens (tertiary/aromatic N) is 2. The van der Waals surface area contributed by atoms with Crippen molar-refractivity contribution in [1.29, 1.82) is 0 Å². The number of hydrogen-bond acceptors (Lipinski definition) is 3. The van der Waals surface area contributed by atoms with E-state index in [4.69, 9.17) is 0 Å². The zero-order valence-corrected chi connectivity index (χ0v) is 15.5. The first-order valence-corrected chi connectivity index (χ1v) is 9.53. The molecule has 3 rings (SSSR count). The van der Waals surface area contributed by atoms with Crippen LogP contribution in [0.4, 0.5) is 4.79 Å². The van der Waals surface area contributed by atoms with Crippen molar-refractivity contribution in [1.82, 2.24) is 20.5 Å². The summed E-state index contributed by atoms with van der Waals surface area (Å²) in [6.45, 7) is 2.72. The van der Waals surface area contributed by atoms with Crippen LogP contribution in [-0.4, -0.2) is 34.9 Å². The van der Waals surface area contributed by atoms with E-state index in [1.807, 2.05) is 17.0 Å². The molecule has 1 aromatic heterocycles. The monoisotopic (exact) mass is 366 g/mol. The first-order chi connectivity index (χ1) is 13.2. The van der Waals surface area contributed by atoms with Crippen LogP contribution in [0.2, 0.25) is 0 Å². The normalized spacial score (nSPS) is 12.5. The Hall–Kier alpha value is -2.89. The Morgan fingerprint density at radius 2 is 1.48 bits per heavy atom. The predicted octanol–water partition coefficient (Wildman–Crippen LogP) is 3.10. The summed E-state index contributed by atoms with van der Waals surface area (Å²) in [7, 11) is 0. The molecule has 0 atom stereocenters. The summed E-state index contributed by atoms with van der Waals surface area (Å²) in [5.41, 5.74) is 2.92. The van der Waals surface area contributed by atoms with Gasteiger partial charge in [-0.2, -0.15) is 0 Å². The van der Waals surface area contributed by atoms with E-state index in [9.17, 15) is 9.59 Å². The summed E-state index contributed by atoms with van der Waals surface area (Å²) in [6, 6.07) is 13.5. The van der Waals surface area contributed by atoms with Gasteiger partial charge in [-0.3, -0.25) is 9.78 Å². The SMILES string of the molecule is O=C(NCCCCCCNC(=O)N1Cc2ccccc2C1)c1ccccn1. The highest BCUT2D eigenvalue weighted by Gasteiger charge is 2.22. The van der Waals surface area contributed by atoms with Crippen molar-refractivity contribution >= 4 is 11.9 Å². The third kappa shape index (κ3) is 5.54. The lowest BCUT2D eigenvalue weighted by Crippen LogP contribution is -2.36. The number of unbranched alkanes of at least 4 members (excludes halogenated alkanes) is 3. The fraction of sp³-hybridized carbons (Fsp3) is 0.381. The van der Waals surface area contributed by atoms with Gasteiger partial charge in [0.05, 0.1) is 0 Å². The van der Waals surface area contributed by atoms with Gasteiger partial charge in [0.1, 0.15) is 5.69 Å². The Kier molecular flexibility index (Phi) is 6.79. The number of nitrogens with one attached hydrogen (secondary N) is 2. The predicted molar refractivity (Wildman–Crippen MR) is 104 cm³/mol. The number of pyridine rings is 1. The highest BCUT2D eigenvalue weighted by molar-refractivity contribution is 5.92. The third-order valence-corrected chi connectivity index (χ3v) is 4.69. The average Bonchev–Trinajstić information content (AvgIpc) is 3.14. The van der Waals surface area contributed by atoms with Gasteiger partial charge in [0.25, 0.3) is 5.91 Å².